The van der Waals surface area contributed by atoms with Crippen LogP contribution in [0.4, 0.5) is 18.8 Å². The number of carbonyl (C=O) groups is 1. The van der Waals surface area contributed by atoms with Gasteiger partial charge in [-0.3, -0.25) is 4.79 Å². The molecule has 0 bridgehead atoms. The molecule has 0 unspecified atom stereocenters. The fourth-order valence-corrected chi connectivity index (χ4v) is 0.950. The average Bonchev–Trinajstić information content (AvgIpc) is 2.17. The summed E-state index contributed by atoms with van der Waals surface area (Å²) in [5.41, 5.74) is -0.767. The average molecular weight is 256 g/mol. The maximum atomic E-state index is 12.3. The van der Waals surface area contributed by atoms with Gasteiger partial charge in [-0.05, 0) is 6.07 Å². The van der Waals surface area contributed by atoms with Crippen LogP contribution in [0.15, 0.2) is 18.3 Å². The molecule has 0 aromatic carbocycles. The minimum Gasteiger partial charge on any atom is -0.445 e. The van der Waals surface area contributed by atoms with Gasteiger partial charge in [0.1, 0.15) is 5.82 Å². The fraction of sp³-hybridized carbons (Fsp3) is 0.250. The first-order valence-corrected chi connectivity index (χ1v) is 4.39. The van der Waals surface area contributed by atoms with Crippen molar-refractivity contribution in [3.05, 3.63) is 18.3 Å². The first kappa shape index (κ1) is 16.1. The minimum atomic E-state index is -5.05. The Hall–Kier alpha value is 0.111. The third-order valence-corrected chi connectivity index (χ3v) is 1.75. The number of carbonyl (C=O) groups excluding carboxylic acids is 1. The van der Waals surface area contributed by atoms with Gasteiger partial charge in [-0.25, -0.2) is 4.98 Å². The van der Waals surface area contributed by atoms with E-state index in [1.807, 2.05) is 0 Å². The molecule has 0 fully saturated rings. The monoisotopic (exact) mass is 256 g/mol. The predicted molar refractivity (Wildman–Crippen MR) is 51.9 cm³/mol. The van der Waals surface area contributed by atoms with Crippen LogP contribution in [-0.2, 0) is 4.79 Å². The van der Waals surface area contributed by atoms with E-state index in [1.54, 1.807) is 6.92 Å². The molecule has 0 spiro atoms. The number of aromatic nitrogens is 1. The summed E-state index contributed by atoms with van der Waals surface area (Å²) in [4.78, 5) is 14.5. The van der Waals surface area contributed by atoms with Crippen molar-refractivity contribution >= 4 is 24.2 Å². The topological polar surface area (TPSA) is 42.0 Å². The first-order valence-electron chi connectivity index (χ1n) is 4.39. The van der Waals surface area contributed by atoms with E-state index in [0.29, 0.717) is 0 Å². The number of nitrogens with one attached hydrogen (secondary N) is 1. The van der Waals surface area contributed by atoms with E-state index in [1.165, 1.54) is 0 Å². The molecule has 0 aliphatic heterocycles. The smallest absolute Gasteiger partial charge is 0.445 e. The van der Waals surface area contributed by atoms with Crippen LogP contribution in [0.5, 0.6) is 0 Å². The summed E-state index contributed by atoms with van der Waals surface area (Å²) in [6.45, 7) is -3.45. The van der Waals surface area contributed by atoms with Gasteiger partial charge in [0.15, 0.2) is 0 Å². The van der Waals surface area contributed by atoms with Crippen LogP contribution < -0.4 is 62.2 Å². The number of nitrogens with zero attached hydrogens (tertiary/aromatic N) is 1. The molecule has 0 radical (unpaired) electrons. The molecule has 0 aliphatic rings. The van der Waals surface area contributed by atoms with E-state index in [9.17, 15) is 17.7 Å². The van der Waals surface area contributed by atoms with Gasteiger partial charge in [0.05, 0.1) is 0 Å². The summed E-state index contributed by atoms with van der Waals surface area (Å²) in [6, 6.07) is 1.70. The van der Waals surface area contributed by atoms with Crippen LogP contribution in [0.1, 0.15) is 13.3 Å². The van der Waals surface area contributed by atoms with E-state index in [-0.39, 0.29) is 69.5 Å². The zero-order valence-corrected chi connectivity index (χ0v) is 12.1. The predicted octanol–water partition coefficient (Wildman–Crippen LogP) is -1.51. The van der Waals surface area contributed by atoms with Crippen LogP contribution in [0.25, 0.3) is 0 Å². The van der Waals surface area contributed by atoms with Crippen LogP contribution in [0.2, 0.25) is 0 Å². The summed E-state index contributed by atoms with van der Waals surface area (Å²) in [6.07, 6.45) is 1.22. The maximum absolute atomic E-state index is 12.3. The zero-order chi connectivity index (χ0) is 11.5. The molecule has 1 N–H and O–H groups in total. The Morgan fingerprint density at radius 1 is 1.50 bits per heavy atom. The largest absolute Gasteiger partial charge is 1.00 e. The van der Waals surface area contributed by atoms with Gasteiger partial charge in [-0.15, -0.1) is 5.46 Å². The molecular formula is C8H9BF3KN2O. The van der Waals surface area contributed by atoms with Crippen LogP contribution >= 0.6 is 0 Å². The van der Waals surface area contributed by atoms with Crippen molar-refractivity contribution in [1.82, 2.24) is 4.98 Å². The number of rotatable bonds is 3. The van der Waals surface area contributed by atoms with Gasteiger partial charge in [0.25, 0.3) is 0 Å². The van der Waals surface area contributed by atoms with Crippen molar-refractivity contribution in [2.24, 2.45) is 0 Å². The summed E-state index contributed by atoms with van der Waals surface area (Å²) in [5.74, 6) is -0.437. The Morgan fingerprint density at radius 3 is 2.62 bits per heavy atom. The van der Waals surface area contributed by atoms with Crippen molar-refractivity contribution in [3.63, 3.8) is 0 Å². The molecule has 0 saturated heterocycles. The molecule has 0 atom stereocenters. The summed E-state index contributed by atoms with van der Waals surface area (Å²) >= 11 is 0. The molecule has 82 valence electrons. The van der Waals surface area contributed by atoms with Crippen molar-refractivity contribution in [3.8, 4) is 0 Å². The molecule has 8 heteroatoms. The van der Waals surface area contributed by atoms with Crippen molar-refractivity contribution in [2.45, 2.75) is 13.3 Å². The van der Waals surface area contributed by atoms with Crippen molar-refractivity contribution < 1.29 is 69.1 Å². The molecule has 16 heavy (non-hydrogen) atoms. The summed E-state index contributed by atoms with van der Waals surface area (Å²) in [5, 5.41) is 2.26. The van der Waals surface area contributed by atoms with E-state index in [2.05, 4.69) is 10.3 Å². The molecule has 0 aliphatic carbocycles. The van der Waals surface area contributed by atoms with Crippen LogP contribution in [-0.4, -0.2) is 17.9 Å². The SMILES string of the molecule is CCC(=O)Nc1cc([B-](F)(F)F)ccn1.[K+]. The third kappa shape index (κ3) is 4.96. The number of hydrogen-bond acceptors (Lipinski definition) is 2. The van der Waals surface area contributed by atoms with Gasteiger partial charge in [-0.2, -0.15) is 0 Å². The third-order valence-electron chi connectivity index (χ3n) is 1.75. The molecule has 3 nitrogen and oxygen atoms in total. The quantitative estimate of drug-likeness (QED) is 0.668. The Morgan fingerprint density at radius 2 is 2.12 bits per heavy atom. The number of pyridine rings is 1. The second-order valence-corrected chi connectivity index (χ2v) is 2.95. The molecule has 1 aromatic heterocycles. The van der Waals surface area contributed by atoms with Crippen molar-refractivity contribution in [1.29, 1.82) is 0 Å². The Bertz CT molecular complexity index is 373. The number of anilines is 1. The molecule has 1 aromatic rings. The van der Waals surface area contributed by atoms with E-state index in [0.717, 1.165) is 18.3 Å². The van der Waals surface area contributed by atoms with Gasteiger partial charge in [0, 0.05) is 12.6 Å². The summed E-state index contributed by atoms with van der Waals surface area (Å²) < 4.78 is 36.9. The first-order chi connectivity index (χ1) is 6.93. The van der Waals surface area contributed by atoms with E-state index < -0.39 is 12.4 Å². The molecule has 1 heterocycles. The Kier molecular flexibility index (Phi) is 6.80. The number of halogens is 3. The number of amides is 1. The van der Waals surface area contributed by atoms with Crippen LogP contribution in [0, 0.1) is 0 Å². The second-order valence-electron chi connectivity index (χ2n) is 2.95. The number of hydrogen-bond donors (Lipinski definition) is 1. The minimum absolute atomic E-state index is 0. The van der Waals surface area contributed by atoms with E-state index >= 15 is 0 Å². The normalized spacial score (nSPS) is 10.5. The maximum Gasteiger partial charge on any atom is 1.00 e. The summed E-state index contributed by atoms with van der Waals surface area (Å²) in [7, 11) is 0. The van der Waals surface area contributed by atoms with Gasteiger partial charge in [-0.1, -0.05) is 13.0 Å². The fourth-order valence-electron chi connectivity index (χ4n) is 0.950. The molecule has 1 amide bonds. The van der Waals surface area contributed by atoms with Crippen molar-refractivity contribution in [2.75, 3.05) is 5.32 Å². The Balaban J connectivity index is 0.00000225. The van der Waals surface area contributed by atoms with E-state index in [4.69, 9.17) is 0 Å². The zero-order valence-electron chi connectivity index (χ0n) is 9.01. The van der Waals surface area contributed by atoms with Gasteiger partial charge < -0.3 is 18.3 Å². The van der Waals surface area contributed by atoms with Gasteiger partial charge in [0.2, 0.25) is 5.91 Å². The molecular weight excluding hydrogens is 247 g/mol. The Labute approximate surface area is 134 Å². The van der Waals surface area contributed by atoms with Gasteiger partial charge >= 0.3 is 58.4 Å². The standard InChI is InChI=1S/C8H9BF3N2O.K/c1-2-8(15)14-7-5-6(3-4-13-7)9(10,11)12;/h3-5H,2H2,1H3,(H,13,14,15);/q-1;+1. The molecule has 0 saturated carbocycles. The van der Waals surface area contributed by atoms with Crippen LogP contribution in [0.3, 0.4) is 0 Å². The molecule has 1 rings (SSSR count). The second kappa shape index (κ2) is 6.75.